The van der Waals surface area contributed by atoms with Crippen LogP contribution >= 0.6 is 11.6 Å². The molecule has 0 aliphatic carbocycles. The zero-order valence-electron chi connectivity index (χ0n) is 12.5. The van der Waals surface area contributed by atoms with E-state index in [1.165, 1.54) is 0 Å². The van der Waals surface area contributed by atoms with Crippen molar-refractivity contribution in [3.63, 3.8) is 0 Å². The minimum Gasteiger partial charge on any atom is -0.396 e. The molecule has 118 valence electrons. The van der Waals surface area contributed by atoms with E-state index in [4.69, 9.17) is 21.4 Å². The second-order valence-corrected chi connectivity index (χ2v) is 5.64. The number of rotatable bonds is 9. The number of anilines is 1. The Hall–Kier alpha value is -1.14. The van der Waals surface area contributed by atoms with Gasteiger partial charge in [-0.25, -0.2) is 0 Å². The standard InChI is InChI=1S/C15H23ClN2O3/c1-15(7-9-19,11-21-2)17-8-6-14(20)18-13-5-3-4-12(16)10-13/h3-5,10,17,19H,6-9,11H2,1-2H3,(H,18,20). The molecular formula is C15H23ClN2O3. The number of nitrogens with one attached hydrogen (secondary N) is 2. The van der Waals surface area contributed by atoms with E-state index in [0.717, 1.165) is 0 Å². The molecule has 1 rings (SSSR count). The summed E-state index contributed by atoms with van der Waals surface area (Å²) in [6, 6.07) is 7.03. The largest absolute Gasteiger partial charge is 0.396 e. The third-order valence-corrected chi connectivity index (χ3v) is 3.37. The van der Waals surface area contributed by atoms with Crippen LogP contribution in [0.2, 0.25) is 5.02 Å². The Bertz CT molecular complexity index is 448. The zero-order chi connectivity index (χ0) is 15.7. The van der Waals surface area contributed by atoms with E-state index in [9.17, 15) is 4.79 Å². The number of halogens is 1. The quantitative estimate of drug-likeness (QED) is 0.652. The molecule has 0 saturated carbocycles. The third kappa shape index (κ3) is 6.91. The average Bonchev–Trinajstić information content (AvgIpc) is 2.39. The van der Waals surface area contributed by atoms with Gasteiger partial charge in [-0.1, -0.05) is 17.7 Å². The first-order valence-corrected chi connectivity index (χ1v) is 7.27. The van der Waals surface area contributed by atoms with Gasteiger partial charge in [-0.05, 0) is 31.5 Å². The van der Waals surface area contributed by atoms with E-state index >= 15 is 0 Å². The molecule has 6 heteroatoms. The Kier molecular flexibility index (Phi) is 7.67. The monoisotopic (exact) mass is 314 g/mol. The Morgan fingerprint density at radius 1 is 1.48 bits per heavy atom. The van der Waals surface area contributed by atoms with Crippen LogP contribution < -0.4 is 10.6 Å². The average molecular weight is 315 g/mol. The number of hydrogen-bond donors (Lipinski definition) is 3. The van der Waals surface area contributed by atoms with Gasteiger partial charge in [0.15, 0.2) is 0 Å². The highest BCUT2D eigenvalue weighted by Crippen LogP contribution is 2.15. The minimum atomic E-state index is -0.333. The number of ether oxygens (including phenoxy) is 1. The van der Waals surface area contributed by atoms with Crippen molar-refractivity contribution in [1.82, 2.24) is 5.32 Å². The molecule has 5 nitrogen and oxygen atoms in total. The number of carbonyl (C=O) groups is 1. The number of aliphatic hydroxyl groups is 1. The molecule has 21 heavy (non-hydrogen) atoms. The molecule has 0 radical (unpaired) electrons. The molecular weight excluding hydrogens is 292 g/mol. The van der Waals surface area contributed by atoms with Gasteiger partial charge in [0.25, 0.3) is 0 Å². The molecule has 0 aliphatic rings. The van der Waals surface area contributed by atoms with E-state index in [1.807, 2.05) is 6.92 Å². The molecule has 0 bridgehead atoms. The summed E-state index contributed by atoms with van der Waals surface area (Å²) in [5.74, 6) is -0.0893. The van der Waals surface area contributed by atoms with Crippen LogP contribution in [0.3, 0.4) is 0 Å². The fraction of sp³-hybridized carbons (Fsp3) is 0.533. The van der Waals surface area contributed by atoms with Crippen LogP contribution in [0.4, 0.5) is 5.69 Å². The predicted octanol–water partition coefficient (Wildman–Crippen LogP) is 2.05. The Morgan fingerprint density at radius 3 is 2.86 bits per heavy atom. The molecule has 1 aromatic rings. The zero-order valence-corrected chi connectivity index (χ0v) is 13.2. The molecule has 0 aliphatic heterocycles. The molecule has 3 N–H and O–H groups in total. The molecule has 1 amide bonds. The van der Waals surface area contributed by atoms with Gasteiger partial charge in [0.1, 0.15) is 0 Å². The number of amides is 1. The maximum Gasteiger partial charge on any atom is 0.225 e. The maximum absolute atomic E-state index is 11.9. The van der Waals surface area contributed by atoms with Crippen molar-refractivity contribution >= 4 is 23.2 Å². The van der Waals surface area contributed by atoms with Gasteiger partial charge in [-0.15, -0.1) is 0 Å². The van der Waals surface area contributed by atoms with Crippen molar-refractivity contribution in [3.8, 4) is 0 Å². The van der Waals surface area contributed by atoms with Crippen LogP contribution in [-0.4, -0.2) is 43.4 Å². The van der Waals surface area contributed by atoms with Crippen molar-refractivity contribution in [1.29, 1.82) is 0 Å². The van der Waals surface area contributed by atoms with Crippen molar-refractivity contribution in [2.75, 3.05) is 32.2 Å². The van der Waals surface area contributed by atoms with Crippen LogP contribution in [0.25, 0.3) is 0 Å². The fourth-order valence-corrected chi connectivity index (χ4v) is 2.23. The summed E-state index contributed by atoms with van der Waals surface area (Å²) in [4.78, 5) is 11.9. The van der Waals surface area contributed by atoms with Crippen LogP contribution in [0.1, 0.15) is 19.8 Å². The van der Waals surface area contributed by atoms with Crippen molar-refractivity contribution in [3.05, 3.63) is 29.3 Å². The van der Waals surface area contributed by atoms with E-state index in [1.54, 1.807) is 31.4 Å². The van der Waals surface area contributed by atoms with Gasteiger partial charge < -0.3 is 20.5 Å². The first-order chi connectivity index (χ1) is 9.99. The van der Waals surface area contributed by atoms with Crippen molar-refractivity contribution in [2.45, 2.75) is 25.3 Å². The van der Waals surface area contributed by atoms with Gasteiger partial charge in [-0.2, -0.15) is 0 Å². The SMILES string of the molecule is COCC(C)(CCO)NCCC(=O)Nc1cccc(Cl)c1. The lowest BCUT2D eigenvalue weighted by Crippen LogP contribution is -2.47. The molecule has 0 heterocycles. The number of methoxy groups -OCH3 is 1. The van der Waals surface area contributed by atoms with Crippen LogP contribution in [0.5, 0.6) is 0 Å². The highest BCUT2D eigenvalue weighted by molar-refractivity contribution is 6.30. The number of aliphatic hydroxyl groups excluding tert-OH is 1. The second-order valence-electron chi connectivity index (χ2n) is 5.20. The highest BCUT2D eigenvalue weighted by Gasteiger charge is 2.22. The van der Waals surface area contributed by atoms with Gasteiger partial charge in [0.05, 0.1) is 6.61 Å². The van der Waals surface area contributed by atoms with Crippen LogP contribution in [0.15, 0.2) is 24.3 Å². The summed E-state index contributed by atoms with van der Waals surface area (Å²) in [7, 11) is 1.61. The molecule has 0 fully saturated rings. The molecule has 1 atom stereocenters. The summed E-state index contributed by atoms with van der Waals surface area (Å²) in [5.41, 5.74) is 0.349. The summed E-state index contributed by atoms with van der Waals surface area (Å²) < 4.78 is 5.14. The lowest BCUT2D eigenvalue weighted by molar-refractivity contribution is -0.116. The second kappa shape index (κ2) is 9.00. The minimum absolute atomic E-state index is 0.0710. The molecule has 0 spiro atoms. The summed E-state index contributed by atoms with van der Waals surface area (Å²) in [5, 5.41) is 15.7. The van der Waals surface area contributed by atoms with Crippen molar-refractivity contribution < 1.29 is 14.6 Å². The molecule has 1 aromatic carbocycles. The lowest BCUT2D eigenvalue weighted by atomic mass is 9.99. The van der Waals surface area contributed by atoms with Gasteiger partial charge >= 0.3 is 0 Å². The Balaban J connectivity index is 2.38. The fourth-order valence-electron chi connectivity index (χ4n) is 2.04. The predicted molar refractivity (Wildman–Crippen MR) is 84.7 cm³/mol. The van der Waals surface area contributed by atoms with Gasteiger partial charge in [-0.3, -0.25) is 4.79 Å². The third-order valence-electron chi connectivity index (χ3n) is 3.14. The Morgan fingerprint density at radius 2 is 2.24 bits per heavy atom. The van der Waals surface area contributed by atoms with E-state index < -0.39 is 0 Å². The first-order valence-electron chi connectivity index (χ1n) is 6.89. The molecule has 0 aromatic heterocycles. The first kappa shape index (κ1) is 17.9. The smallest absolute Gasteiger partial charge is 0.225 e. The van der Waals surface area contributed by atoms with E-state index in [0.29, 0.717) is 36.7 Å². The highest BCUT2D eigenvalue weighted by atomic mass is 35.5. The lowest BCUT2D eigenvalue weighted by Gasteiger charge is -2.29. The molecule has 0 saturated heterocycles. The number of benzene rings is 1. The van der Waals surface area contributed by atoms with Gasteiger partial charge in [0, 0.05) is 42.9 Å². The summed E-state index contributed by atoms with van der Waals surface area (Å²) in [6.45, 7) is 3.01. The normalized spacial score (nSPS) is 13.7. The van der Waals surface area contributed by atoms with E-state index in [-0.39, 0.29) is 18.1 Å². The molecule has 1 unspecified atom stereocenters. The topological polar surface area (TPSA) is 70.6 Å². The number of hydrogen-bond acceptors (Lipinski definition) is 4. The Labute approximate surface area is 130 Å². The number of carbonyl (C=O) groups excluding carboxylic acids is 1. The van der Waals surface area contributed by atoms with Gasteiger partial charge in [0.2, 0.25) is 5.91 Å². The van der Waals surface area contributed by atoms with Crippen molar-refractivity contribution in [2.24, 2.45) is 0 Å². The maximum atomic E-state index is 11.9. The van der Waals surface area contributed by atoms with Crippen LogP contribution in [0, 0.1) is 0 Å². The van der Waals surface area contributed by atoms with E-state index in [2.05, 4.69) is 10.6 Å². The summed E-state index contributed by atoms with van der Waals surface area (Å²) in [6.07, 6.45) is 0.897. The van der Waals surface area contributed by atoms with Crippen LogP contribution in [-0.2, 0) is 9.53 Å². The summed E-state index contributed by atoms with van der Waals surface area (Å²) >= 11 is 5.86.